The van der Waals surface area contributed by atoms with Gasteiger partial charge in [-0.15, -0.1) is 0 Å². The largest absolute Gasteiger partial charge is 0.360 e. The quantitative estimate of drug-likeness (QED) is 0.634. The van der Waals surface area contributed by atoms with Crippen molar-refractivity contribution in [1.82, 2.24) is 10.3 Å². The number of nitrogens with two attached hydrogens (primary N) is 1. The van der Waals surface area contributed by atoms with Crippen molar-refractivity contribution in [3.63, 3.8) is 0 Å². The molecule has 0 saturated heterocycles. The number of anilines is 1. The third kappa shape index (κ3) is 3.71. The summed E-state index contributed by atoms with van der Waals surface area (Å²) in [4.78, 5) is 4.10. The van der Waals surface area contributed by atoms with E-state index in [9.17, 15) is 8.42 Å². The first-order chi connectivity index (χ1) is 7.45. The van der Waals surface area contributed by atoms with Crippen LogP contribution in [0.25, 0.3) is 0 Å². The number of nitrogens with one attached hydrogen (secondary N) is 2. The fraction of sp³-hybridized carbons (Fsp3) is 0.625. The lowest BCUT2D eigenvalue weighted by Gasteiger charge is -2.01. The molecule has 0 saturated carbocycles. The third-order valence-corrected chi connectivity index (χ3v) is 4.51. The number of primary sulfonamides is 1. The Balaban J connectivity index is 2.64. The standard InChI is InChI=1S/C8H16N4O2S2/c1-3-10-4-5-11-8-12-6(2)7(15-8)16(9,13)14/h10H,3-5H2,1-2H3,(H,11,12)(H2,9,13,14). The van der Waals surface area contributed by atoms with Crippen LogP contribution in [0, 0.1) is 6.92 Å². The summed E-state index contributed by atoms with van der Waals surface area (Å²) < 4.78 is 22.4. The molecule has 16 heavy (non-hydrogen) atoms. The van der Waals surface area contributed by atoms with E-state index in [2.05, 4.69) is 15.6 Å². The maximum Gasteiger partial charge on any atom is 0.249 e. The summed E-state index contributed by atoms with van der Waals surface area (Å²) in [6, 6.07) is 0. The first kappa shape index (κ1) is 13.4. The first-order valence-electron chi connectivity index (χ1n) is 4.90. The lowest BCUT2D eigenvalue weighted by atomic mass is 10.6. The molecule has 0 unspecified atom stereocenters. The molecule has 0 aromatic carbocycles. The second-order valence-electron chi connectivity index (χ2n) is 3.22. The van der Waals surface area contributed by atoms with Crippen LogP contribution in [0.5, 0.6) is 0 Å². The van der Waals surface area contributed by atoms with Gasteiger partial charge in [-0.25, -0.2) is 18.5 Å². The lowest BCUT2D eigenvalue weighted by Crippen LogP contribution is -2.21. The maximum absolute atomic E-state index is 11.2. The predicted molar refractivity (Wildman–Crippen MR) is 65.3 cm³/mol. The molecule has 1 heterocycles. The molecule has 0 bridgehead atoms. The molecule has 0 fully saturated rings. The van der Waals surface area contributed by atoms with E-state index in [-0.39, 0.29) is 4.21 Å². The number of nitrogens with zero attached hydrogens (tertiary/aromatic N) is 1. The van der Waals surface area contributed by atoms with Crippen LogP contribution in [0.4, 0.5) is 5.13 Å². The highest BCUT2D eigenvalue weighted by Crippen LogP contribution is 2.25. The Morgan fingerprint density at radius 2 is 2.12 bits per heavy atom. The summed E-state index contributed by atoms with van der Waals surface area (Å²) >= 11 is 1.06. The van der Waals surface area contributed by atoms with E-state index in [0.717, 1.165) is 24.4 Å². The van der Waals surface area contributed by atoms with Gasteiger partial charge in [0.25, 0.3) is 0 Å². The Hall–Kier alpha value is -0.700. The van der Waals surface area contributed by atoms with Crippen molar-refractivity contribution in [3.8, 4) is 0 Å². The van der Waals surface area contributed by atoms with Crippen LogP contribution in [-0.2, 0) is 10.0 Å². The van der Waals surface area contributed by atoms with Crippen LogP contribution in [-0.4, -0.2) is 33.0 Å². The number of aryl methyl sites for hydroxylation is 1. The molecular weight excluding hydrogens is 248 g/mol. The zero-order chi connectivity index (χ0) is 12.2. The Labute approximate surface area is 99.3 Å². The third-order valence-electron chi connectivity index (χ3n) is 1.84. The summed E-state index contributed by atoms with van der Waals surface area (Å²) in [6.45, 7) is 6.06. The number of likely N-dealkylation sites (N-methyl/N-ethyl adjacent to an activating group) is 1. The zero-order valence-electron chi connectivity index (χ0n) is 9.28. The molecule has 0 atom stereocenters. The van der Waals surface area contributed by atoms with Crippen molar-refractivity contribution in [1.29, 1.82) is 0 Å². The van der Waals surface area contributed by atoms with Crippen molar-refractivity contribution in [3.05, 3.63) is 5.69 Å². The smallest absolute Gasteiger partial charge is 0.249 e. The van der Waals surface area contributed by atoms with Crippen LogP contribution < -0.4 is 15.8 Å². The SMILES string of the molecule is CCNCCNc1nc(C)c(S(N)(=O)=O)s1. The van der Waals surface area contributed by atoms with Gasteiger partial charge in [0.15, 0.2) is 9.34 Å². The van der Waals surface area contributed by atoms with Gasteiger partial charge in [0.2, 0.25) is 10.0 Å². The lowest BCUT2D eigenvalue weighted by molar-refractivity contribution is 0.599. The summed E-state index contributed by atoms with van der Waals surface area (Å²) in [5, 5.41) is 11.8. The van der Waals surface area contributed by atoms with E-state index in [0.29, 0.717) is 17.4 Å². The van der Waals surface area contributed by atoms with Crippen molar-refractivity contribution in [2.75, 3.05) is 25.0 Å². The Kier molecular flexibility index (Phi) is 4.66. The maximum atomic E-state index is 11.2. The van der Waals surface area contributed by atoms with Crippen LogP contribution in [0.3, 0.4) is 0 Å². The van der Waals surface area contributed by atoms with Gasteiger partial charge >= 0.3 is 0 Å². The van der Waals surface area contributed by atoms with Gasteiger partial charge in [-0.2, -0.15) is 0 Å². The number of rotatable bonds is 6. The molecule has 6 nitrogen and oxygen atoms in total. The first-order valence-corrected chi connectivity index (χ1v) is 7.26. The molecule has 4 N–H and O–H groups in total. The van der Waals surface area contributed by atoms with E-state index in [4.69, 9.17) is 5.14 Å². The molecule has 0 amide bonds. The van der Waals surface area contributed by atoms with E-state index in [1.165, 1.54) is 0 Å². The van der Waals surface area contributed by atoms with Crippen molar-refractivity contribution in [2.24, 2.45) is 5.14 Å². The van der Waals surface area contributed by atoms with Crippen molar-refractivity contribution < 1.29 is 8.42 Å². The number of sulfonamides is 1. The molecule has 0 spiro atoms. The predicted octanol–water partition coefficient (Wildman–Crippen LogP) is 0.120. The Morgan fingerprint density at radius 3 is 2.62 bits per heavy atom. The van der Waals surface area contributed by atoms with Gasteiger partial charge < -0.3 is 10.6 Å². The number of aromatic nitrogens is 1. The van der Waals surface area contributed by atoms with Crippen LogP contribution in [0.15, 0.2) is 4.21 Å². The molecule has 1 aromatic heterocycles. The van der Waals surface area contributed by atoms with Gasteiger partial charge in [0, 0.05) is 13.1 Å². The molecular formula is C8H16N4O2S2. The van der Waals surface area contributed by atoms with Crippen LogP contribution >= 0.6 is 11.3 Å². The highest BCUT2D eigenvalue weighted by molar-refractivity contribution is 7.91. The second kappa shape index (κ2) is 5.58. The van der Waals surface area contributed by atoms with E-state index in [1.54, 1.807) is 6.92 Å². The molecule has 0 aliphatic carbocycles. The number of thiazole rings is 1. The zero-order valence-corrected chi connectivity index (χ0v) is 10.9. The Morgan fingerprint density at radius 1 is 1.44 bits per heavy atom. The van der Waals surface area contributed by atoms with E-state index < -0.39 is 10.0 Å². The molecule has 1 rings (SSSR count). The van der Waals surface area contributed by atoms with Crippen LogP contribution in [0.2, 0.25) is 0 Å². The summed E-state index contributed by atoms with van der Waals surface area (Å²) in [6.07, 6.45) is 0. The molecule has 0 aliphatic rings. The van der Waals surface area contributed by atoms with Gasteiger partial charge in [-0.1, -0.05) is 18.3 Å². The number of hydrogen-bond donors (Lipinski definition) is 3. The highest BCUT2D eigenvalue weighted by atomic mass is 32.2. The number of hydrogen-bond acceptors (Lipinski definition) is 6. The van der Waals surface area contributed by atoms with Gasteiger partial charge in [-0.3, -0.25) is 0 Å². The normalized spacial score (nSPS) is 11.7. The van der Waals surface area contributed by atoms with E-state index >= 15 is 0 Å². The summed E-state index contributed by atoms with van der Waals surface area (Å²) in [5.74, 6) is 0. The topological polar surface area (TPSA) is 97.1 Å². The average molecular weight is 264 g/mol. The summed E-state index contributed by atoms with van der Waals surface area (Å²) in [5.41, 5.74) is 0.443. The molecule has 1 aromatic rings. The monoisotopic (exact) mass is 264 g/mol. The van der Waals surface area contributed by atoms with E-state index in [1.807, 2.05) is 6.92 Å². The van der Waals surface area contributed by atoms with Gasteiger partial charge in [0.1, 0.15) is 0 Å². The molecule has 0 radical (unpaired) electrons. The summed E-state index contributed by atoms with van der Waals surface area (Å²) in [7, 11) is -3.65. The minimum atomic E-state index is -3.65. The van der Waals surface area contributed by atoms with Crippen LogP contribution in [0.1, 0.15) is 12.6 Å². The van der Waals surface area contributed by atoms with Crippen molar-refractivity contribution in [2.45, 2.75) is 18.1 Å². The Bertz CT molecular complexity index is 441. The molecule has 0 aliphatic heterocycles. The molecule has 92 valence electrons. The second-order valence-corrected chi connectivity index (χ2v) is 5.97. The fourth-order valence-electron chi connectivity index (χ4n) is 1.16. The highest BCUT2D eigenvalue weighted by Gasteiger charge is 2.17. The minimum absolute atomic E-state index is 0.124. The fourth-order valence-corrected chi connectivity index (χ4v) is 3.04. The van der Waals surface area contributed by atoms with Crippen molar-refractivity contribution >= 4 is 26.5 Å². The average Bonchev–Trinajstić information content (AvgIpc) is 2.54. The van der Waals surface area contributed by atoms with Gasteiger partial charge in [-0.05, 0) is 13.5 Å². The van der Waals surface area contributed by atoms with Gasteiger partial charge in [0.05, 0.1) is 5.69 Å². The molecule has 8 heteroatoms. The minimum Gasteiger partial charge on any atom is -0.360 e.